The van der Waals surface area contributed by atoms with Gasteiger partial charge in [0, 0.05) is 5.92 Å². The fourth-order valence-electron chi connectivity index (χ4n) is 2.75. The van der Waals surface area contributed by atoms with E-state index in [-0.39, 0.29) is 18.1 Å². The van der Waals surface area contributed by atoms with Crippen molar-refractivity contribution in [3.63, 3.8) is 0 Å². The van der Waals surface area contributed by atoms with E-state index in [2.05, 4.69) is 50.6 Å². The SMILES string of the molecule is C=C([C@@H](CC)[C@@H](NC(=O)OC(C)(C)C)c1ccccc1)[Si](C)(C)C. The molecular formula is C20H33NO2Si. The van der Waals surface area contributed by atoms with Crippen LogP contribution in [0.15, 0.2) is 42.1 Å². The van der Waals surface area contributed by atoms with Gasteiger partial charge in [0.05, 0.1) is 14.1 Å². The first-order chi connectivity index (χ1) is 11.0. The van der Waals surface area contributed by atoms with Crippen LogP contribution in [0, 0.1) is 5.92 Å². The molecule has 24 heavy (non-hydrogen) atoms. The highest BCUT2D eigenvalue weighted by molar-refractivity contribution is 6.83. The van der Waals surface area contributed by atoms with E-state index in [1.807, 2.05) is 39.0 Å². The Kier molecular flexibility index (Phi) is 6.84. The van der Waals surface area contributed by atoms with Crippen LogP contribution in [-0.4, -0.2) is 19.8 Å². The first-order valence-corrected chi connectivity index (χ1v) is 12.2. The van der Waals surface area contributed by atoms with E-state index >= 15 is 0 Å². The number of carbonyl (C=O) groups is 1. The number of ether oxygens (including phenoxy) is 1. The highest BCUT2D eigenvalue weighted by Crippen LogP contribution is 2.34. The van der Waals surface area contributed by atoms with Gasteiger partial charge < -0.3 is 10.1 Å². The first kappa shape index (κ1) is 20.5. The first-order valence-electron chi connectivity index (χ1n) is 8.69. The second-order valence-corrected chi connectivity index (χ2v) is 13.5. The number of hydrogen-bond acceptors (Lipinski definition) is 2. The van der Waals surface area contributed by atoms with Crippen molar-refractivity contribution in [2.45, 2.75) is 65.4 Å². The van der Waals surface area contributed by atoms with Crippen LogP contribution in [0.3, 0.4) is 0 Å². The van der Waals surface area contributed by atoms with Crippen LogP contribution in [0.25, 0.3) is 0 Å². The van der Waals surface area contributed by atoms with Gasteiger partial charge in [-0.3, -0.25) is 0 Å². The molecule has 2 atom stereocenters. The largest absolute Gasteiger partial charge is 0.444 e. The maximum atomic E-state index is 12.4. The van der Waals surface area contributed by atoms with E-state index in [9.17, 15) is 4.79 Å². The predicted octanol–water partition coefficient (Wildman–Crippen LogP) is 5.71. The van der Waals surface area contributed by atoms with Gasteiger partial charge in [-0.15, -0.1) is 6.58 Å². The highest BCUT2D eigenvalue weighted by atomic mass is 28.3. The van der Waals surface area contributed by atoms with Gasteiger partial charge in [0.2, 0.25) is 0 Å². The molecule has 0 aliphatic heterocycles. The van der Waals surface area contributed by atoms with E-state index < -0.39 is 13.7 Å². The Labute approximate surface area is 148 Å². The van der Waals surface area contributed by atoms with Crippen molar-refractivity contribution >= 4 is 14.2 Å². The van der Waals surface area contributed by atoms with Crippen molar-refractivity contribution in [3.05, 3.63) is 47.7 Å². The number of amides is 1. The third-order valence-corrected chi connectivity index (χ3v) is 6.38. The van der Waals surface area contributed by atoms with E-state index in [1.54, 1.807) is 0 Å². The zero-order valence-electron chi connectivity index (χ0n) is 16.3. The zero-order chi connectivity index (χ0) is 18.5. The standard InChI is InChI=1S/C20H33NO2Si/c1-9-17(15(2)24(6,7)8)18(16-13-11-10-12-14-16)21-19(22)23-20(3,4)5/h10-14,17-18H,2,9H2,1,3-8H3,(H,21,22)/t17-,18+/m1/s1. The van der Waals surface area contributed by atoms with Gasteiger partial charge in [-0.1, -0.05) is 62.1 Å². The van der Waals surface area contributed by atoms with Gasteiger partial charge in [0.25, 0.3) is 0 Å². The molecule has 1 aromatic carbocycles. The van der Waals surface area contributed by atoms with Gasteiger partial charge in [-0.05, 0) is 32.8 Å². The topological polar surface area (TPSA) is 38.3 Å². The average Bonchev–Trinajstić information content (AvgIpc) is 2.44. The number of rotatable bonds is 6. The Bertz CT molecular complexity index is 555. The summed E-state index contributed by atoms with van der Waals surface area (Å²) in [6.45, 7) is 19.1. The summed E-state index contributed by atoms with van der Waals surface area (Å²) in [6, 6.07) is 9.99. The molecule has 1 rings (SSSR count). The molecule has 0 unspecified atom stereocenters. The van der Waals surface area contributed by atoms with Crippen LogP contribution in [0.5, 0.6) is 0 Å². The Balaban J connectivity index is 3.14. The Hall–Kier alpha value is -1.55. The van der Waals surface area contributed by atoms with Crippen molar-refractivity contribution in [1.29, 1.82) is 0 Å². The lowest BCUT2D eigenvalue weighted by atomic mass is 9.90. The number of hydrogen-bond donors (Lipinski definition) is 1. The van der Waals surface area contributed by atoms with E-state index in [0.717, 1.165) is 12.0 Å². The minimum Gasteiger partial charge on any atom is -0.444 e. The fraction of sp³-hybridized carbons (Fsp3) is 0.550. The van der Waals surface area contributed by atoms with Crippen LogP contribution >= 0.6 is 0 Å². The zero-order valence-corrected chi connectivity index (χ0v) is 17.3. The summed E-state index contributed by atoms with van der Waals surface area (Å²) in [4.78, 5) is 12.4. The van der Waals surface area contributed by atoms with Crippen molar-refractivity contribution in [2.24, 2.45) is 5.92 Å². The monoisotopic (exact) mass is 347 g/mol. The Morgan fingerprint density at radius 2 is 1.75 bits per heavy atom. The van der Waals surface area contributed by atoms with Gasteiger partial charge >= 0.3 is 6.09 Å². The van der Waals surface area contributed by atoms with Gasteiger partial charge in [0.1, 0.15) is 5.60 Å². The third-order valence-electron chi connectivity index (χ3n) is 4.08. The molecule has 0 spiro atoms. The van der Waals surface area contributed by atoms with Gasteiger partial charge in [-0.2, -0.15) is 0 Å². The summed E-state index contributed by atoms with van der Waals surface area (Å²) in [6.07, 6.45) is 0.552. The molecule has 1 N–H and O–H groups in total. The van der Waals surface area contributed by atoms with Crippen LogP contribution < -0.4 is 5.32 Å². The summed E-state index contributed by atoms with van der Waals surface area (Å²) in [5.41, 5.74) is 0.581. The molecule has 0 fully saturated rings. The fourth-order valence-corrected chi connectivity index (χ4v) is 4.23. The Morgan fingerprint density at radius 3 is 2.17 bits per heavy atom. The van der Waals surface area contributed by atoms with Gasteiger partial charge in [0.15, 0.2) is 0 Å². The molecule has 0 aliphatic rings. The molecule has 0 aliphatic carbocycles. The molecule has 0 bridgehead atoms. The second kappa shape index (κ2) is 8.02. The summed E-state index contributed by atoms with van der Waals surface area (Å²) in [7, 11) is -1.52. The minimum absolute atomic E-state index is 0.120. The smallest absolute Gasteiger partial charge is 0.408 e. The summed E-state index contributed by atoms with van der Waals surface area (Å²) in [5.74, 6) is 0.201. The number of nitrogens with one attached hydrogen (secondary N) is 1. The molecule has 3 nitrogen and oxygen atoms in total. The summed E-state index contributed by atoms with van der Waals surface area (Å²) in [5, 5.41) is 4.37. The number of alkyl carbamates (subject to hydrolysis) is 1. The predicted molar refractivity (Wildman–Crippen MR) is 105 cm³/mol. The lowest BCUT2D eigenvalue weighted by Gasteiger charge is -2.35. The molecule has 1 amide bonds. The lowest BCUT2D eigenvalue weighted by molar-refractivity contribution is 0.0490. The molecule has 4 heteroatoms. The van der Waals surface area contributed by atoms with Crippen LogP contribution in [0.1, 0.15) is 45.7 Å². The second-order valence-electron chi connectivity index (χ2n) is 8.32. The molecule has 0 aromatic heterocycles. The maximum Gasteiger partial charge on any atom is 0.408 e. The lowest BCUT2D eigenvalue weighted by Crippen LogP contribution is -2.41. The number of benzene rings is 1. The quantitative estimate of drug-likeness (QED) is 0.669. The van der Waals surface area contributed by atoms with Crippen molar-refractivity contribution < 1.29 is 9.53 Å². The summed E-state index contributed by atoms with van der Waals surface area (Å²) >= 11 is 0. The van der Waals surface area contributed by atoms with Crippen LogP contribution in [0.4, 0.5) is 4.79 Å². The molecule has 1 aromatic rings. The van der Waals surface area contributed by atoms with E-state index in [0.29, 0.717) is 0 Å². The molecule has 134 valence electrons. The van der Waals surface area contributed by atoms with Crippen molar-refractivity contribution in [2.75, 3.05) is 0 Å². The van der Waals surface area contributed by atoms with Crippen LogP contribution in [0.2, 0.25) is 19.6 Å². The number of carbonyl (C=O) groups excluding carboxylic acids is 1. The third kappa shape index (κ3) is 6.15. The average molecular weight is 348 g/mol. The molecule has 0 saturated heterocycles. The minimum atomic E-state index is -1.52. The highest BCUT2D eigenvalue weighted by Gasteiger charge is 2.32. The summed E-state index contributed by atoms with van der Waals surface area (Å²) < 4.78 is 5.48. The van der Waals surface area contributed by atoms with Crippen molar-refractivity contribution in [3.8, 4) is 0 Å². The van der Waals surface area contributed by atoms with Gasteiger partial charge in [-0.25, -0.2) is 4.79 Å². The van der Waals surface area contributed by atoms with Crippen LogP contribution in [-0.2, 0) is 4.74 Å². The van der Waals surface area contributed by atoms with E-state index in [4.69, 9.17) is 4.74 Å². The molecular weight excluding hydrogens is 314 g/mol. The molecule has 0 heterocycles. The normalized spacial score (nSPS) is 14.6. The molecule has 0 radical (unpaired) electrons. The van der Waals surface area contributed by atoms with Crippen molar-refractivity contribution in [1.82, 2.24) is 5.32 Å². The molecule has 0 saturated carbocycles. The Morgan fingerprint density at radius 1 is 1.21 bits per heavy atom. The van der Waals surface area contributed by atoms with E-state index in [1.165, 1.54) is 5.20 Å². The maximum absolute atomic E-state index is 12.4.